The van der Waals surface area contributed by atoms with Crippen molar-refractivity contribution in [1.82, 2.24) is 0 Å². The smallest absolute Gasteiger partial charge is 0.316 e. The van der Waals surface area contributed by atoms with Crippen molar-refractivity contribution in [3.8, 4) is 0 Å². The summed E-state index contributed by atoms with van der Waals surface area (Å²) < 4.78 is 48.6. The first kappa shape index (κ1) is 24.3. The van der Waals surface area contributed by atoms with E-state index in [-0.39, 0.29) is 12.5 Å². The normalized spacial score (nSPS) is 19.4. The van der Waals surface area contributed by atoms with Crippen molar-refractivity contribution in [2.24, 2.45) is 5.92 Å². The van der Waals surface area contributed by atoms with Crippen LogP contribution in [-0.4, -0.2) is 6.61 Å². The van der Waals surface area contributed by atoms with Crippen LogP contribution in [0.15, 0.2) is 67.3 Å². The quantitative estimate of drug-likeness (QED) is 0.338. The average Bonchev–Trinajstić information content (AvgIpc) is 2.79. The molecule has 0 atom stereocenters. The highest BCUT2D eigenvalue weighted by molar-refractivity contribution is 5.29. The van der Waals surface area contributed by atoms with E-state index in [1.54, 1.807) is 6.07 Å². The Morgan fingerprint density at radius 1 is 1.00 bits per heavy atom. The summed E-state index contributed by atoms with van der Waals surface area (Å²) in [4.78, 5) is 0. The van der Waals surface area contributed by atoms with Crippen LogP contribution in [0.3, 0.4) is 0 Å². The van der Waals surface area contributed by atoms with Crippen molar-refractivity contribution < 1.29 is 17.9 Å². The lowest BCUT2D eigenvalue weighted by Crippen LogP contribution is -2.22. The van der Waals surface area contributed by atoms with Gasteiger partial charge in [-0.05, 0) is 92.5 Å². The Morgan fingerprint density at radius 3 is 2.25 bits per heavy atom. The van der Waals surface area contributed by atoms with E-state index in [0.29, 0.717) is 12.3 Å². The van der Waals surface area contributed by atoms with Gasteiger partial charge in [0.25, 0.3) is 0 Å². The zero-order valence-electron chi connectivity index (χ0n) is 18.8. The second kappa shape index (κ2) is 11.5. The lowest BCUT2D eigenvalue weighted by Gasteiger charge is -2.27. The fraction of sp³-hybridized carbons (Fsp3) is 0.429. The first-order valence-corrected chi connectivity index (χ1v) is 11.6. The molecule has 0 unspecified atom stereocenters. The molecular weight excluding hydrogens is 409 g/mol. The molecule has 0 heterocycles. The van der Waals surface area contributed by atoms with Crippen molar-refractivity contribution in [2.45, 2.75) is 63.9 Å². The van der Waals surface area contributed by atoms with Gasteiger partial charge in [-0.25, -0.2) is 4.39 Å². The molecule has 0 spiro atoms. The van der Waals surface area contributed by atoms with E-state index in [2.05, 4.69) is 18.7 Å². The number of allylic oxidation sites excluding steroid dienone is 3. The third-order valence-electron chi connectivity index (χ3n) is 6.35. The molecule has 0 saturated heterocycles. The summed E-state index contributed by atoms with van der Waals surface area (Å²) in [6.07, 6.45) is 8.64. The minimum Gasteiger partial charge on any atom is -0.316 e. The van der Waals surface area contributed by atoms with E-state index >= 15 is 0 Å². The monoisotopic (exact) mass is 442 g/mol. The van der Waals surface area contributed by atoms with Crippen LogP contribution in [-0.2, 0) is 23.7 Å². The number of halogens is 3. The van der Waals surface area contributed by atoms with Gasteiger partial charge >= 0.3 is 6.11 Å². The fourth-order valence-corrected chi connectivity index (χ4v) is 4.45. The van der Waals surface area contributed by atoms with Crippen molar-refractivity contribution in [2.75, 3.05) is 6.61 Å². The van der Waals surface area contributed by atoms with E-state index in [9.17, 15) is 13.2 Å². The molecule has 1 saturated carbocycles. The number of hydrogen-bond donors (Lipinski definition) is 0. The van der Waals surface area contributed by atoms with E-state index in [1.165, 1.54) is 17.7 Å². The van der Waals surface area contributed by atoms with Crippen LogP contribution in [0.1, 0.15) is 67.2 Å². The number of benzene rings is 2. The van der Waals surface area contributed by atoms with Crippen LogP contribution in [0.4, 0.5) is 13.2 Å². The molecular formula is C28H33F3O. The zero-order chi connectivity index (χ0) is 23.0. The molecule has 172 valence electrons. The van der Waals surface area contributed by atoms with E-state index in [1.807, 2.05) is 37.3 Å². The molecule has 0 N–H and O–H groups in total. The minimum atomic E-state index is -3.66. The van der Waals surface area contributed by atoms with Crippen LogP contribution < -0.4 is 0 Å². The zero-order valence-corrected chi connectivity index (χ0v) is 18.8. The Labute approximate surface area is 190 Å². The third-order valence-corrected chi connectivity index (χ3v) is 6.35. The topological polar surface area (TPSA) is 9.23 Å². The Kier molecular flexibility index (Phi) is 8.75. The molecule has 32 heavy (non-hydrogen) atoms. The van der Waals surface area contributed by atoms with Gasteiger partial charge < -0.3 is 4.74 Å². The molecule has 2 aromatic carbocycles. The van der Waals surface area contributed by atoms with Gasteiger partial charge in [0.2, 0.25) is 0 Å². The molecule has 0 aliphatic heterocycles. The number of alkyl halides is 2. The first-order valence-electron chi connectivity index (χ1n) is 11.6. The van der Waals surface area contributed by atoms with Crippen LogP contribution in [0.25, 0.3) is 0 Å². The maximum absolute atomic E-state index is 14.6. The third kappa shape index (κ3) is 6.59. The molecule has 0 aromatic heterocycles. The van der Waals surface area contributed by atoms with Crippen LogP contribution in [0.5, 0.6) is 0 Å². The number of rotatable bonds is 10. The summed E-state index contributed by atoms with van der Waals surface area (Å²) >= 11 is 0. The number of hydrogen-bond acceptors (Lipinski definition) is 1. The van der Waals surface area contributed by atoms with Gasteiger partial charge in [0.1, 0.15) is 5.82 Å². The first-order chi connectivity index (χ1) is 15.4. The average molecular weight is 443 g/mol. The standard InChI is InChI=1S/C28H33F3O/c1-3-5-7-22-8-10-23(11-9-22)18-19-32-28(30,31)26-17-16-25(20-27(26)29)24-14-12-21(6-4-2)13-15-24/h3-4,6,8-11,16-17,20-21,24H,1,5,7,12-15,18-19H2,2H3. The lowest BCUT2D eigenvalue weighted by atomic mass is 9.78. The number of ether oxygens (including phenoxy) is 1. The van der Waals surface area contributed by atoms with Crippen molar-refractivity contribution in [3.05, 3.63) is 95.3 Å². The van der Waals surface area contributed by atoms with Crippen molar-refractivity contribution >= 4 is 0 Å². The largest absolute Gasteiger partial charge is 0.386 e. The van der Waals surface area contributed by atoms with Crippen LogP contribution in [0.2, 0.25) is 0 Å². The maximum Gasteiger partial charge on any atom is 0.386 e. The summed E-state index contributed by atoms with van der Waals surface area (Å²) in [6, 6.07) is 11.9. The molecule has 4 heteroatoms. The molecule has 3 rings (SSSR count). The summed E-state index contributed by atoms with van der Waals surface area (Å²) in [5.41, 5.74) is 2.20. The van der Waals surface area contributed by atoms with Crippen LogP contribution >= 0.6 is 0 Å². The highest BCUT2D eigenvalue weighted by Gasteiger charge is 2.36. The van der Waals surface area contributed by atoms with E-state index < -0.39 is 17.5 Å². The summed E-state index contributed by atoms with van der Waals surface area (Å²) in [6.45, 7) is 5.54. The van der Waals surface area contributed by atoms with Gasteiger partial charge in [-0.3, -0.25) is 0 Å². The molecule has 1 aliphatic carbocycles. The Balaban J connectivity index is 1.55. The Bertz CT molecular complexity index is 893. The highest BCUT2D eigenvalue weighted by atomic mass is 19.3. The molecule has 1 aliphatic rings. The lowest BCUT2D eigenvalue weighted by molar-refractivity contribution is -0.249. The predicted molar refractivity (Wildman–Crippen MR) is 124 cm³/mol. The van der Waals surface area contributed by atoms with Gasteiger partial charge in [-0.15, -0.1) is 6.58 Å². The summed E-state index contributed by atoms with van der Waals surface area (Å²) in [5, 5.41) is 0. The van der Waals surface area contributed by atoms with E-state index in [0.717, 1.165) is 49.7 Å². The fourth-order valence-electron chi connectivity index (χ4n) is 4.45. The second-order valence-corrected chi connectivity index (χ2v) is 8.64. The molecule has 1 fully saturated rings. The summed E-state index contributed by atoms with van der Waals surface area (Å²) in [7, 11) is 0. The molecule has 1 nitrogen and oxygen atoms in total. The molecule has 0 bridgehead atoms. The van der Waals surface area contributed by atoms with Crippen LogP contribution in [0, 0.1) is 11.7 Å². The molecule has 2 aromatic rings. The molecule has 0 radical (unpaired) electrons. The van der Waals surface area contributed by atoms with Gasteiger partial charge in [-0.1, -0.05) is 48.6 Å². The van der Waals surface area contributed by atoms with Gasteiger partial charge in [0.05, 0.1) is 12.2 Å². The number of aryl methyl sites for hydroxylation is 1. The highest BCUT2D eigenvalue weighted by Crippen LogP contribution is 2.38. The van der Waals surface area contributed by atoms with E-state index in [4.69, 9.17) is 4.74 Å². The predicted octanol–water partition coefficient (Wildman–Crippen LogP) is 8.10. The van der Waals surface area contributed by atoms with Crippen molar-refractivity contribution in [1.29, 1.82) is 0 Å². The Morgan fingerprint density at radius 2 is 1.66 bits per heavy atom. The summed E-state index contributed by atoms with van der Waals surface area (Å²) in [5.74, 6) is -0.0971. The second-order valence-electron chi connectivity index (χ2n) is 8.64. The SMILES string of the molecule is C=CCCc1ccc(CCOC(F)(F)c2ccc(C3CCC(C=CC)CC3)cc2F)cc1. The Hall–Kier alpha value is -2.33. The van der Waals surface area contributed by atoms with Gasteiger partial charge in [0, 0.05) is 0 Å². The van der Waals surface area contributed by atoms with Gasteiger partial charge in [0.15, 0.2) is 0 Å². The van der Waals surface area contributed by atoms with Gasteiger partial charge in [-0.2, -0.15) is 8.78 Å². The maximum atomic E-state index is 14.6. The van der Waals surface area contributed by atoms with Crippen molar-refractivity contribution in [3.63, 3.8) is 0 Å². The minimum absolute atomic E-state index is 0.185. The molecule has 0 amide bonds.